The number of amides is 2. The van der Waals surface area contributed by atoms with Gasteiger partial charge in [-0.15, -0.1) is 11.8 Å². The highest BCUT2D eigenvalue weighted by molar-refractivity contribution is 8.05. The average Bonchev–Trinajstić information content (AvgIpc) is 2.86. The number of aliphatic imine (C=N–C) groups is 1. The molecule has 172 valence electrons. The number of thioether (sulfide) groups is 1. The minimum Gasteiger partial charge on any atom is -0.368 e. The molecule has 0 bridgehead atoms. The lowest BCUT2D eigenvalue weighted by Crippen LogP contribution is -2.49. The third-order valence-electron chi connectivity index (χ3n) is 6.38. The van der Waals surface area contributed by atoms with Gasteiger partial charge in [-0.1, -0.05) is 42.5 Å². The summed E-state index contributed by atoms with van der Waals surface area (Å²) in [5.74, 6) is -0.158. The predicted octanol–water partition coefficient (Wildman–Crippen LogP) is 4.82. The van der Waals surface area contributed by atoms with E-state index in [0.29, 0.717) is 23.6 Å². The van der Waals surface area contributed by atoms with Crippen LogP contribution >= 0.6 is 11.8 Å². The van der Waals surface area contributed by atoms with Crippen LogP contribution in [0.4, 0.5) is 5.69 Å². The quantitative estimate of drug-likeness (QED) is 0.605. The predicted molar refractivity (Wildman–Crippen MR) is 141 cm³/mol. The van der Waals surface area contributed by atoms with Crippen LogP contribution in [-0.4, -0.2) is 53.9 Å². The first kappa shape index (κ1) is 22.4. The maximum atomic E-state index is 13.1. The Bertz CT molecular complexity index is 1250. The van der Waals surface area contributed by atoms with Crippen LogP contribution in [0.15, 0.2) is 76.7 Å². The SMILES string of the molecule is Cc1ccc(C)c(N2CCN(C(=O)c3ccc(/C=C4/SC5C=CC=CC5=NC4=O)cc3)CC2)c1. The lowest BCUT2D eigenvalue weighted by Gasteiger charge is -2.37. The number of allylic oxidation sites excluding steroid dienone is 3. The molecule has 3 aliphatic rings. The van der Waals surface area contributed by atoms with Gasteiger partial charge in [0.05, 0.1) is 15.9 Å². The van der Waals surface area contributed by atoms with E-state index in [4.69, 9.17) is 0 Å². The van der Waals surface area contributed by atoms with Crippen molar-refractivity contribution in [3.05, 3.63) is 93.9 Å². The third kappa shape index (κ3) is 4.64. The van der Waals surface area contributed by atoms with Crippen molar-refractivity contribution in [2.45, 2.75) is 19.1 Å². The Labute approximate surface area is 204 Å². The van der Waals surface area contributed by atoms with Crippen LogP contribution in [-0.2, 0) is 4.79 Å². The second kappa shape index (κ2) is 9.47. The van der Waals surface area contributed by atoms with E-state index in [2.05, 4.69) is 41.9 Å². The molecule has 1 unspecified atom stereocenters. The van der Waals surface area contributed by atoms with Gasteiger partial charge >= 0.3 is 0 Å². The standard InChI is InChI=1S/C28H27N3O2S/c1-19-7-8-20(2)24(17-19)30-13-15-31(16-14-30)28(33)22-11-9-21(10-12-22)18-26-27(32)29-23-5-3-4-6-25(23)34-26/h3-12,17-18,25H,13-16H2,1-2H3/b26-18+. The fourth-order valence-electron chi connectivity index (χ4n) is 4.43. The zero-order valence-electron chi connectivity index (χ0n) is 19.4. The van der Waals surface area contributed by atoms with Crippen LogP contribution in [0.25, 0.3) is 6.08 Å². The van der Waals surface area contributed by atoms with E-state index in [1.54, 1.807) is 0 Å². The van der Waals surface area contributed by atoms with Crippen LogP contribution in [0.3, 0.4) is 0 Å². The molecular formula is C28H27N3O2S. The van der Waals surface area contributed by atoms with Crippen LogP contribution < -0.4 is 4.90 Å². The summed E-state index contributed by atoms with van der Waals surface area (Å²) in [6, 6.07) is 14.0. The van der Waals surface area contributed by atoms with Crippen LogP contribution in [0.5, 0.6) is 0 Å². The summed E-state index contributed by atoms with van der Waals surface area (Å²) in [6.07, 6.45) is 9.67. The van der Waals surface area contributed by atoms with Gasteiger partial charge in [0.1, 0.15) is 0 Å². The molecule has 34 heavy (non-hydrogen) atoms. The summed E-state index contributed by atoms with van der Waals surface area (Å²) in [5, 5.41) is 0.0806. The molecule has 0 N–H and O–H groups in total. The number of piperazine rings is 1. The largest absolute Gasteiger partial charge is 0.368 e. The van der Waals surface area contributed by atoms with Gasteiger partial charge < -0.3 is 9.80 Å². The molecule has 2 aromatic rings. The molecule has 2 amide bonds. The summed E-state index contributed by atoms with van der Waals surface area (Å²) >= 11 is 1.51. The van der Waals surface area contributed by atoms with Gasteiger partial charge in [0.2, 0.25) is 0 Å². The molecule has 1 saturated heterocycles. The highest BCUT2D eigenvalue weighted by Crippen LogP contribution is 2.33. The number of rotatable bonds is 3. The fourth-order valence-corrected chi connectivity index (χ4v) is 5.48. The molecule has 0 saturated carbocycles. The Kier molecular flexibility index (Phi) is 6.24. The first-order valence-corrected chi connectivity index (χ1v) is 12.4. The topological polar surface area (TPSA) is 53.0 Å². The minimum atomic E-state index is -0.210. The summed E-state index contributed by atoms with van der Waals surface area (Å²) in [6.45, 7) is 7.30. The number of aryl methyl sites for hydroxylation is 2. The Morgan fingerprint density at radius 3 is 2.56 bits per heavy atom. The van der Waals surface area contributed by atoms with Crippen molar-refractivity contribution in [3.63, 3.8) is 0 Å². The summed E-state index contributed by atoms with van der Waals surface area (Å²) in [4.78, 5) is 34.6. The van der Waals surface area contributed by atoms with Crippen LogP contribution in [0.1, 0.15) is 27.0 Å². The normalized spacial score (nSPS) is 21.0. The highest BCUT2D eigenvalue weighted by Gasteiger charge is 2.26. The van der Waals surface area contributed by atoms with Gasteiger partial charge in [0, 0.05) is 37.4 Å². The Morgan fingerprint density at radius 2 is 1.79 bits per heavy atom. The zero-order valence-corrected chi connectivity index (χ0v) is 20.2. The second-order valence-corrected chi connectivity index (χ2v) is 10.0. The molecule has 2 heterocycles. The van der Waals surface area contributed by atoms with Crippen molar-refractivity contribution in [1.29, 1.82) is 0 Å². The van der Waals surface area contributed by atoms with Crippen LogP contribution in [0.2, 0.25) is 0 Å². The van der Waals surface area contributed by atoms with E-state index < -0.39 is 0 Å². The number of carbonyl (C=O) groups excluding carboxylic acids is 2. The van der Waals surface area contributed by atoms with Crippen molar-refractivity contribution in [2.24, 2.45) is 4.99 Å². The first-order chi connectivity index (χ1) is 16.5. The van der Waals surface area contributed by atoms with Gasteiger partial charge in [-0.05, 0) is 60.9 Å². The van der Waals surface area contributed by atoms with Crippen molar-refractivity contribution >= 4 is 41.1 Å². The number of anilines is 1. The molecule has 5 rings (SSSR count). The van der Waals surface area contributed by atoms with Crippen molar-refractivity contribution in [2.75, 3.05) is 31.1 Å². The van der Waals surface area contributed by atoms with E-state index in [1.807, 2.05) is 59.5 Å². The maximum Gasteiger partial charge on any atom is 0.283 e. The van der Waals surface area contributed by atoms with Gasteiger partial charge in [0.25, 0.3) is 11.8 Å². The van der Waals surface area contributed by atoms with E-state index in [1.165, 1.54) is 28.6 Å². The smallest absolute Gasteiger partial charge is 0.283 e. The summed E-state index contributed by atoms with van der Waals surface area (Å²) in [7, 11) is 0. The molecule has 1 aliphatic carbocycles. The number of hydrogen-bond acceptors (Lipinski definition) is 4. The maximum absolute atomic E-state index is 13.1. The number of fused-ring (bicyclic) bond motifs is 1. The third-order valence-corrected chi connectivity index (χ3v) is 7.58. The van der Waals surface area contributed by atoms with E-state index >= 15 is 0 Å². The van der Waals surface area contributed by atoms with Crippen LogP contribution in [0, 0.1) is 13.8 Å². The van der Waals surface area contributed by atoms with Crippen molar-refractivity contribution in [3.8, 4) is 0 Å². The Hall–Kier alpha value is -3.38. The summed E-state index contributed by atoms with van der Waals surface area (Å²) < 4.78 is 0. The van der Waals surface area contributed by atoms with Gasteiger partial charge in [-0.25, -0.2) is 4.99 Å². The van der Waals surface area contributed by atoms with Crippen molar-refractivity contribution < 1.29 is 9.59 Å². The molecule has 2 aliphatic heterocycles. The number of carbonyl (C=O) groups is 2. The molecule has 2 aromatic carbocycles. The molecule has 6 heteroatoms. The second-order valence-electron chi connectivity index (χ2n) is 8.82. The zero-order chi connectivity index (χ0) is 23.7. The van der Waals surface area contributed by atoms with Gasteiger partial charge in [-0.2, -0.15) is 0 Å². The molecule has 1 atom stereocenters. The lowest BCUT2D eigenvalue weighted by atomic mass is 10.1. The first-order valence-electron chi connectivity index (χ1n) is 11.6. The summed E-state index contributed by atoms with van der Waals surface area (Å²) in [5.41, 5.74) is 6.14. The molecular weight excluding hydrogens is 442 g/mol. The fraction of sp³-hybridized carbons (Fsp3) is 0.250. The molecule has 0 spiro atoms. The number of nitrogens with zero attached hydrogens (tertiary/aromatic N) is 3. The van der Waals surface area contributed by atoms with E-state index in [9.17, 15) is 9.59 Å². The Morgan fingerprint density at radius 1 is 1.03 bits per heavy atom. The monoisotopic (exact) mass is 469 g/mol. The van der Waals surface area contributed by atoms with E-state index in [0.717, 1.165) is 24.4 Å². The van der Waals surface area contributed by atoms with E-state index in [-0.39, 0.29) is 17.1 Å². The lowest BCUT2D eigenvalue weighted by molar-refractivity contribution is -0.113. The minimum absolute atomic E-state index is 0.0521. The van der Waals surface area contributed by atoms with Gasteiger partial charge in [0.15, 0.2) is 0 Å². The number of hydrogen-bond donors (Lipinski definition) is 0. The molecule has 0 aromatic heterocycles. The molecule has 1 fully saturated rings. The average molecular weight is 470 g/mol. The number of benzene rings is 2. The van der Waals surface area contributed by atoms with Gasteiger partial charge in [-0.3, -0.25) is 9.59 Å². The Balaban J connectivity index is 1.23. The van der Waals surface area contributed by atoms with Crippen molar-refractivity contribution in [1.82, 2.24) is 4.90 Å². The molecule has 5 nitrogen and oxygen atoms in total. The highest BCUT2D eigenvalue weighted by atomic mass is 32.2. The molecule has 0 radical (unpaired) electrons.